The summed E-state index contributed by atoms with van der Waals surface area (Å²) in [5, 5.41) is 7.91. The maximum absolute atomic E-state index is 6.28. The van der Waals surface area contributed by atoms with E-state index < -0.39 is 0 Å². The molecule has 102 valence electrons. The molecule has 0 aliphatic heterocycles. The fourth-order valence-corrected chi connectivity index (χ4v) is 2.52. The van der Waals surface area contributed by atoms with Gasteiger partial charge in [-0.3, -0.25) is 0 Å². The number of nitrogens with zero attached hydrogens (tertiary/aromatic N) is 4. The Bertz CT molecular complexity index is 734. The number of aryl methyl sites for hydroxylation is 1. The standard InChI is InChI=1S/C15H15ClN4/c1-10-5-3-7-13-14(10)18-15(11(2)16)20(13)9-12-6-4-8-17-19-12/h3-8,11H,9H2,1-2H3. The number of hydrogen-bond acceptors (Lipinski definition) is 3. The maximum Gasteiger partial charge on any atom is 0.128 e. The SMILES string of the molecule is Cc1cccc2c1nc(C(C)Cl)n2Cc1cccnn1. The molecule has 3 aromatic rings. The monoisotopic (exact) mass is 286 g/mol. The van der Waals surface area contributed by atoms with Crippen LogP contribution in [-0.2, 0) is 6.54 Å². The van der Waals surface area contributed by atoms with Crippen molar-refractivity contribution in [3.05, 3.63) is 53.6 Å². The summed E-state index contributed by atoms with van der Waals surface area (Å²) in [5.41, 5.74) is 4.13. The van der Waals surface area contributed by atoms with Gasteiger partial charge >= 0.3 is 0 Å². The predicted octanol–water partition coefficient (Wildman–Crippen LogP) is 3.48. The van der Waals surface area contributed by atoms with E-state index in [0.717, 1.165) is 28.1 Å². The van der Waals surface area contributed by atoms with Crippen molar-refractivity contribution in [2.45, 2.75) is 25.8 Å². The maximum atomic E-state index is 6.28. The molecule has 0 saturated carbocycles. The van der Waals surface area contributed by atoms with Crippen LogP contribution in [0.15, 0.2) is 36.5 Å². The Hall–Kier alpha value is -1.94. The van der Waals surface area contributed by atoms with Gasteiger partial charge in [0.2, 0.25) is 0 Å². The average molecular weight is 287 g/mol. The normalized spacial score (nSPS) is 12.8. The largest absolute Gasteiger partial charge is 0.321 e. The van der Waals surface area contributed by atoms with Gasteiger partial charge in [-0.15, -0.1) is 11.6 Å². The Morgan fingerprint density at radius 3 is 2.80 bits per heavy atom. The van der Waals surface area contributed by atoms with Crippen LogP contribution >= 0.6 is 11.6 Å². The van der Waals surface area contributed by atoms with Crippen LogP contribution in [0, 0.1) is 6.92 Å². The number of benzene rings is 1. The van der Waals surface area contributed by atoms with Crippen molar-refractivity contribution < 1.29 is 0 Å². The number of para-hydroxylation sites is 1. The molecule has 2 heterocycles. The van der Waals surface area contributed by atoms with Crippen LogP contribution in [-0.4, -0.2) is 19.7 Å². The predicted molar refractivity (Wildman–Crippen MR) is 79.9 cm³/mol. The molecule has 0 aliphatic carbocycles. The molecule has 0 N–H and O–H groups in total. The first-order valence-electron chi connectivity index (χ1n) is 6.53. The van der Waals surface area contributed by atoms with Crippen molar-refractivity contribution in [3.63, 3.8) is 0 Å². The van der Waals surface area contributed by atoms with Gasteiger partial charge < -0.3 is 4.57 Å². The summed E-state index contributed by atoms with van der Waals surface area (Å²) in [6.45, 7) is 4.62. The summed E-state index contributed by atoms with van der Waals surface area (Å²) < 4.78 is 2.12. The molecule has 1 aromatic carbocycles. The van der Waals surface area contributed by atoms with E-state index in [-0.39, 0.29) is 5.38 Å². The summed E-state index contributed by atoms with van der Waals surface area (Å²) in [6.07, 6.45) is 1.67. The first kappa shape index (κ1) is 13.1. The third kappa shape index (κ3) is 2.27. The van der Waals surface area contributed by atoms with Crippen LogP contribution in [0.25, 0.3) is 11.0 Å². The lowest BCUT2D eigenvalue weighted by Crippen LogP contribution is -2.07. The minimum Gasteiger partial charge on any atom is -0.321 e. The topological polar surface area (TPSA) is 43.6 Å². The van der Waals surface area contributed by atoms with E-state index in [1.54, 1.807) is 6.20 Å². The molecule has 20 heavy (non-hydrogen) atoms. The molecule has 0 aliphatic rings. The Morgan fingerprint density at radius 1 is 1.25 bits per heavy atom. The molecule has 1 unspecified atom stereocenters. The first-order chi connectivity index (χ1) is 9.66. The van der Waals surface area contributed by atoms with Gasteiger partial charge in [0.1, 0.15) is 5.82 Å². The van der Waals surface area contributed by atoms with Crippen molar-refractivity contribution in [1.29, 1.82) is 0 Å². The highest BCUT2D eigenvalue weighted by atomic mass is 35.5. The molecule has 0 bridgehead atoms. The highest BCUT2D eigenvalue weighted by Gasteiger charge is 2.16. The van der Waals surface area contributed by atoms with E-state index in [1.807, 2.05) is 25.1 Å². The van der Waals surface area contributed by atoms with Crippen molar-refractivity contribution in [2.24, 2.45) is 0 Å². The molecule has 0 spiro atoms. The van der Waals surface area contributed by atoms with Crippen LogP contribution < -0.4 is 0 Å². The minimum absolute atomic E-state index is 0.154. The van der Waals surface area contributed by atoms with Crippen LogP contribution in [0.1, 0.15) is 29.4 Å². The summed E-state index contributed by atoms with van der Waals surface area (Å²) in [6, 6.07) is 10.0. The molecule has 2 aromatic heterocycles. The van der Waals surface area contributed by atoms with Crippen molar-refractivity contribution in [1.82, 2.24) is 19.7 Å². The Balaban J connectivity index is 2.17. The van der Waals surface area contributed by atoms with Gasteiger partial charge in [-0.25, -0.2) is 4.98 Å². The second-order valence-electron chi connectivity index (χ2n) is 4.83. The number of alkyl halides is 1. The average Bonchev–Trinajstić information content (AvgIpc) is 2.81. The Labute approximate surface area is 122 Å². The number of halogens is 1. The van der Waals surface area contributed by atoms with E-state index in [2.05, 4.69) is 33.8 Å². The van der Waals surface area contributed by atoms with Crippen molar-refractivity contribution in [2.75, 3.05) is 0 Å². The quantitative estimate of drug-likeness (QED) is 0.692. The van der Waals surface area contributed by atoms with E-state index in [1.165, 1.54) is 0 Å². The van der Waals surface area contributed by atoms with E-state index >= 15 is 0 Å². The van der Waals surface area contributed by atoms with E-state index in [0.29, 0.717) is 6.54 Å². The highest BCUT2D eigenvalue weighted by Crippen LogP contribution is 2.26. The van der Waals surface area contributed by atoms with Crippen molar-refractivity contribution in [3.8, 4) is 0 Å². The summed E-state index contributed by atoms with van der Waals surface area (Å²) in [5.74, 6) is 0.863. The molecular formula is C15H15ClN4. The van der Waals surface area contributed by atoms with Gasteiger partial charge in [0, 0.05) is 6.20 Å². The second kappa shape index (κ2) is 5.21. The third-order valence-electron chi connectivity index (χ3n) is 3.31. The molecule has 1 atom stereocenters. The van der Waals surface area contributed by atoms with Gasteiger partial charge in [0.25, 0.3) is 0 Å². The zero-order valence-corrected chi connectivity index (χ0v) is 12.2. The van der Waals surface area contributed by atoms with Gasteiger partial charge in [-0.05, 0) is 37.6 Å². The number of fused-ring (bicyclic) bond motifs is 1. The summed E-state index contributed by atoms with van der Waals surface area (Å²) >= 11 is 6.28. The van der Waals surface area contributed by atoms with Gasteiger partial charge in [0.05, 0.1) is 28.6 Å². The second-order valence-corrected chi connectivity index (χ2v) is 5.48. The number of aromatic nitrogens is 4. The lowest BCUT2D eigenvalue weighted by molar-refractivity contribution is 0.715. The molecule has 3 rings (SSSR count). The Morgan fingerprint density at radius 2 is 2.10 bits per heavy atom. The summed E-state index contributed by atoms with van der Waals surface area (Å²) in [7, 11) is 0. The minimum atomic E-state index is -0.154. The van der Waals surface area contributed by atoms with Gasteiger partial charge in [-0.1, -0.05) is 12.1 Å². The van der Waals surface area contributed by atoms with Gasteiger partial charge in [-0.2, -0.15) is 10.2 Å². The smallest absolute Gasteiger partial charge is 0.128 e. The molecule has 0 fully saturated rings. The fourth-order valence-electron chi connectivity index (χ4n) is 2.35. The van der Waals surface area contributed by atoms with Crippen LogP contribution in [0.4, 0.5) is 0 Å². The lowest BCUT2D eigenvalue weighted by atomic mass is 10.2. The molecule has 5 heteroatoms. The lowest BCUT2D eigenvalue weighted by Gasteiger charge is -2.09. The first-order valence-corrected chi connectivity index (χ1v) is 6.97. The molecular weight excluding hydrogens is 272 g/mol. The fraction of sp³-hybridized carbons (Fsp3) is 0.267. The molecule has 4 nitrogen and oxygen atoms in total. The Kier molecular flexibility index (Phi) is 3.40. The zero-order chi connectivity index (χ0) is 14.1. The number of imidazole rings is 1. The highest BCUT2D eigenvalue weighted by molar-refractivity contribution is 6.20. The third-order valence-corrected chi connectivity index (χ3v) is 3.51. The van der Waals surface area contributed by atoms with E-state index in [9.17, 15) is 0 Å². The van der Waals surface area contributed by atoms with Crippen LogP contribution in [0.2, 0.25) is 0 Å². The molecule has 0 radical (unpaired) electrons. The zero-order valence-electron chi connectivity index (χ0n) is 11.4. The summed E-state index contributed by atoms with van der Waals surface area (Å²) in [4.78, 5) is 4.69. The number of hydrogen-bond donors (Lipinski definition) is 0. The number of rotatable bonds is 3. The van der Waals surface area contributed by atoms with Crippen molar-refractivity contribution >= 4 is 22.6 Å². The molecule has 0 amide bonds. The van der Waals surface area contributed by atoms with Crippen LogP contribution in [0.3, 0.4) is 0 Å². The molecule has 0 saturated heterocycles. The van der Waals surface area contributed by atoms with E-state index in [4.69, 9.17) is 16.6 Å². The van der Waals surface area contributed by atoms with Crippen LogP contribution in [0.5, 0.6) is 0 Å². The van der Waals surface area contributed by atoms with Gasteiger partial charge in [0.15, 0.2) is 0 Å².